The van der Waals surface area contributed by atoms with Crippen LogP contribution in [0.4, 0.5) is 5.13 Å². The van der Waals surface area contributed by atoms with Crippen molar-refractivity contribution in [3.63, 3.8) is 0 Å². The second kappa shape index (κ2) is 5.33. The summed E-state index contributed by atoms with van der Waals surface area (Å²) in [5.74, 6) is 0. The van der Waals surface area contributed by atoms with Crippen molar-refractivity contribution < 1.29 is 0 Å². The second-order valence-electron chi connectivity index (χ2n) is 5.05. The third-order valence-electron chi connectivity index (χ3n) is 3.67. The summed E-state index contributed by atoms with van der Waals surface area (Å²) in [5.41, 5.74) is 0.0733. The summed E-state index contributed by atoms with van der Waals surface area (Å²) < 4.78 is 0. The van der Waals surface area contributed by atoms with Crippen molar-refractivity contribution in [1.82, 2.24) is 15.6 Å². The molecule has 1 aromatic heterocycles. The molecular weight excluding hydrogens is 232 g/mol. The van der Waals surface area contributed by atoms with Crippen molar-refractivity contribution >= 4 is 16.5 Å². The molecule has 0 amide bonds. The van der Waals surface area contributed by atoms with Crippen molar-refractivity contribution in [2.75, 3.05) is 31.1 Å². The lowest BCUT2D eigenvalue weighted by atomic mass is 9.94. The van der Waals surface area contributed by atoms with Gasteiger partial charge in [0.15, 0.2) is 5.13 Å². The summed E-state index contributed by atoms with van der Waals surface area (Å²) in [6.45, 7) is 10.9. The van der Waals surface area contributed by atoms with E-state index in [1.165, 1.54) is 0 Å². The number of thiazole rings is 1. The van der Waals surface area contributed by atoms with Gasteiger partial charge >= 0.3 is 0 Å². The Bertz CT molecular complexity index is 336. The molecule has 2 rings (SSSR count). The van der Waals surface area contributed by atoms with Gasteiger partial charge in [0.1, 0.15) is 0 Å². The maximum Gasteiger partial charge on any atom is 0.185 e. The molecule has 0 radical (unpaired) electrons. The highest BCUT2D eigenvalue weighted by Crippen LogP contribution is 2.28. The maximum atomic E-state index is 4.46. The molecule has 0 spiro atoms. The SMILES string of the molecule is CC1NCCNCCN(c2nccs2)C1(C)C. The third kappa shape index (κ3) is 2.78. The topological polar surface area (TPSA) is 40.2 Å². The molecule has 17 heavy (non-hydrogen) atoms. The highest BCUT2D eigenvalue weighted by Gasteiger charge is 2.34. The lowest BCUT2D eigenvalue weighted by Gasteiger charge is -2.42. The van der Waals surface area contributed by atoms with E-state index in [0.29, 0.717) is 6.04 Å². The summed E-state index contributed by atoms with van der Waals surface area (Å²) in [7, 11) is 0. The van der Waals surface area contributed by atoms with Gasteiger partial charge in [0.05, 0.1) is 5.54 Å². The number of hydrogen-bond acceptors (Lipinski definition) is 5. The Balaban J connectivity index is 2.24. The lowest BCUT2D eigenvalue weighted by molar-refractivity contribution is 0.347. The first kappa shape index (κ1) is 12.8. The number of anilines is 1. The molecule has 0 bridgehead atoms. The summed E-state index contributed by atoms with van der Waals surface area (Å²) in [6, 6.07) is 0.436. The Kier molecular flexibility index (Phi) is 4.01. The average molecular weight is 254 g/mol. The monoisotopic (exact) mass is 254 g/mol. The van der Waals surface area contributed by atoms with Crippen molar-refractivity contribution in [2.24, 2.45) is 0 Å². The van der Waals surface area contributed by atoms with E-state index in [-0.39, 0.29) is 5.54 Å². The van der Waals surface area contributed by atoms with E-state index < -0.39 is 0 Å². The van der Waals surface area contributed by atoms with E-state index in [1.807, 2.05) is 11.6 Å². The largest absolute Gasteiger partial charge is 0.340 e. The maximum absolute atomic E-state index is 4.46. The molecule has 1 aromatic rings. The Morgan fingerprint density at radius 1 is 1.41 bits per heavy atom. The zero-order valence-electron chi connectivity index (χ0n) is 10.9. The van der Waals surface area contributed by atoms with Crippen molar-refractivity contribution in [3.8, 4) is 0 Å². The van der Waals surface area contributed by atoms with Crippen LogP contribution in [-0.4, -0.2) is 42.7 Å². The molecule has 5 heteroatoms. The molecule has 2 N–H and O–H groups in total. The Labute approximate surface area is 107 Å². The van der Waals surface area contributed by atoms with E-state index in [0.717, 1.165) is 31.3 Å². The highest BCUT2D eigenvalue weighted by molar-refractivity contribution is 7.13. The Hall–Kier alpha value is -0.650. The number of nitrogens with one attached hydrogen (secondary N) is 2. The minimum Gasteiger partial charge on any atom is -0.340 e. The molecule has 1 aliphatic heterocycles. The Morgan fingerprint density at radius 2 is 2.24 bits per heavy atom. The van der Waals surface area contributed by atoms with Gasteiger partial charge in [-0.1, -0.05) is 0 Å². The standard InChI is InChI=1S/C12H22N4S/c1-10-12(2,3)16(11-15-7-9-17-11)8-6-13-4-5-14-10/h7,9-10,13-14H,4-6,8H2,1-3H3. The van der Waals surface area contributed by atoms with Crippen LogP contribution in [0.3, 0.4) is 0 Å². The first-order chi connectivity index (χ1) is 8.12. The van der Waals surface area contributed by atoms with Crippen molar-refractivity contribution in [2.45, 2.75) is 32.4 Å². The first-order valence-electron chi connectivity index (χ1n) is 6.23. The van der Waals surface area contributed by atoms with Crippen molar-refractivity contribution in [3.05, 3.63) is 11.6 Å². The summed E-state index contributed by atoms with van der Waals surface area (Å²) in [6.07, 6.45) is 1.88. The minimum absolute atomic E-state index is 0.0733. The summed E-state index contributed by atoms with van der Waals surface area (Å²) >= 11 is 1.72. The van der Waals surface area contributed by atoms with Gasteiger partial charge in [-0.2, -0.15) is 0 Å². The van der Waals surface area contributed by atoms with Gasteiger partial charge in [0.25, 0.3) is 0 Å². The van der Waals surface area contributed by atoms with Gasteiger partial charge < -0.3 is 15.5 Å². The van der Waals surface area contributed by atoms with Crippen LogP contribution in [0.5, 0.6) is 0 Å². The average Bonchev–Trinajstić information content (AvgIpc) is 2.80. The van der Waals surface area contributed by atoms with Crippen LogP contribution in [0.25, 0.3) is 0 Å². The zero-order chi connectivity index (χ0) is 12.3. The normalized spacial score (nSPS) is 26.1. The molecular formula is C12H22N4S. The molecule has 1 fully saturated rings. The van der Waals surface area contributed by atoms with Crippen LogP contribution in [0.15, 0.2) is 11.6 Å². The molecule has 0 aromatic carbocycles. The van der Waals surface area contributed by atoms with Crippen LogP contribution in [0.2, 0.25) is 0 Å². The van der Waals surface area contributed by atoms with Gasteiger partial charge in [-0.3, -0.25) is 0 Å². The second-order valence-corrected chi connectivity index (χ2v) is 5.92. The van der Waals surface area contributed by atoms with Crippen LogP contribution in [-0.2, 0) is 0 Å². The van der Waals surface area contributed by atoms with E-state index in [4.69, 9.17) is 0 Å². The number of hydrogen-bond donors (Lipinski definition) is 2. The molecule has 1 aliphatic rings. The van der Waals surface area contributed by atoms with Gasteiger partial charge in [0.2, 0.25) is 0 Å². The molecule has 0 aliphatic carbocycles. The fraction of sp³-hybridized carbons (Fsp3) is 0.750. The fourth-order valence-electron chi connectivity index (χ4n) is 2.16. The Morgan fingerprint density at radius 3 is 2.94 bits per heavy atom. The van der Waals surface area contributed by atoms with Crippen LogP contribution in [0, 0.1) is 0 Å². The fourth-order valence-corrected chi connectivity index (χ4v) is 2.97. The molecule has 1 atom stereocenters. The van der Waals surface area contributed by atoms with Gasteiger partial charge in [-0.05, 0) is 20.8 Å². The molecule has 2 heterocycles. The number of nitrogens with zero attached hydrogens (tertiary/aromatic N) is 2. The molecule has 4 nitrogen and oxygen atoms in total. The molecule has 96 valence electrons. The lowest BCUT2D eigenvalue weighted by Crippen LogP contribution is -2.57. The van der Waals surface area contributed by atoms with Gasteiger partial charge in [-0.15, -0.1) is 11.3 Å². The quantitative estimate of drug-likeness (QED) is 0.793. The van der Waals surface area contributed by atoms with Crippen LogP contribution >= 0.6 is 11.3 Å². The number of aromatic nitrogens is 1. The minimum atomic E-state index is 0.0733. The van der Waals surface area contributed by atoms with Crippen LogP contribution < -0.4 is 15.5 Å². The van der Waals surface area contributed by atoms with Crippen LogP contribution in [0.1, 0.15) is 20.8 Å². The molecule has 0 saturated carbocycles. The third-order valence-corrected chi connectivity index (χ3v) is 4.46. The van der Waals surface area contributed by atoms with E-state index in [2.05, 4.69) is 41.3 Å². The summed E-state index contributed by atoms with van der Waals surface area (Å²) in [4.78, 5) is 6.87. The van der Waals surface area contributed by atoms with E-state index >= 15 is 0 Å². The first-order valence-corrected chi connectivity index (χ1v) is 7.11. The number of rotatable bonds is 1. The smallest absolute Gasteiger partial charge is 0.185 e. The zero-order valence-corrected chi connectivity index (χ0v) is 11.7. The van der Waals surface area contributed by atoms with Gasteiger partial charge in [0, 0.05) is 43.8 Å². The summed E-state index contributed by atoms with van der Waals surface area (Å²) in [5, 5.41) is 10.2. The highest BCUT2D eigenvalue weighted by atomic mass is 32.1. The predicted octanol–water partition coefficient (Wildman–Crippen LogP) is 1.31. The van der Waals surface area contributed by atoms with Gasteiger partial charge in [-0.25, -0.2) is 4.98 Å². The molecule has 1 saturated heterocycles. The predicted molar refractivity (Wildman–Crippen MR) is 73.9 cm³/mol. The van der Waals surface area contributed by atoms with E-state index in [1.54, 1.807) is 11.3 Å². The van der Waals surface area contributed by atoms with E-state index in [9.17, 15) is 0 Å². The molecule has 1 unspecified atom stereocenters. The van der Waals surface area contributed by atoms with Crippen molar-refractivity contribution in [1.29, 1.82) is 0 Å².